The van der Waals surface area contributed by atoms with Gasteiger partial charge in [-0.3, -0.25) is 0 Å². The maximum Gasteiger partial charge on any atom is 0.154 e. The predicted octanol–water partition coefficient (Wildman–Crippen LogP) is 3.43. The quantitative estimate of drug-likeness (QED) is 0.727. The maximum atomic E-state index is 6.07. The van der Waals surface area contributed by atoms with E-state index in [9.17, 15) is 0 Å². The van der Waals surface area contributed by atoms with Gasteiger partial charge in [0.1, 0.15) is 17.3 Å². The van der Waals surface area contributed by atoms with Crippen LogP contribution in [-0.2, 0) is 0 Å². The lowest BCUT2D eigenvalue weighted by atomic mass is 10.2. The Morgan fingerprint density at radius 1 is 1.22 bits per heavy atom. The number of aryl methyl sites for hydroxylation is 1. The topological polar surface area (TPSA) is 64.9 Å². The molecule has 3 rings (SSSR count). The molecule has 2 heterocycles. The number of rotatable bonds is 1. The summed E-state index contributed by atoms with van der Waals surface area (Å²) < 4.78 is 5.72. The lowest BCUT2D eigenvalue weighted by Gasteiger charge is -1.99. The Balaban J connectivity index is 2.22. The maximum absolute atomic E-state index is 6.07. The fourth-order valence-corrected chi connectivity index (χ4v) is 2.09. The van der Waals surface area contributed by atoms with Crippen molar-refractivity contribution in [1.82, 2.24) is 9.97 Å². The van der Waals surface area contributed by atoms with E-state index in [2.05, 4.69) is 9.97 Å². The van der Waals surface area contributed by atoms with Gasteiger partial charge in [-0.2, -0.15) is 0 Å². The Bertz CT molecular complexity index is 716. The molecule has 0 aliphatic carbocycles. The van der Waals surface area contributed by atoms with Crippen molar-refractivity contribution in [2.75, 3.05) is 5.73 Å². The van der Waals surface area contributed by atoms with Crippen LogP contribution in [-0.4, -0.2) is 9.97 Å². The first-order valence-corrected chi connectivity index (χ1v) is 5.81. The second kappa shape index (κ2) is 3.99. The highest BCUT2D eigenvalue weighted by molar-refractivity contribution is 6.34. The van der Waals surface area contributed by atoms with Crippen molar-refractivity contribution in [3.63, 3.8) is 0 Å². The Labute approximate surface area is 108 Å². The molecule has 2 aromatic heterocycles. The summed E-state index contributed by atoms with van der Waals surface area (Å²) >= 11 is 6.07. The fraction of sp³-hybridized carbons (Fsp3) is 0.0769. The number of aromatic nitrogens is 2. The van der Waals surface area contributed by atoms with Crippen LogP contribution in [0.1, 0.15) is 5.82 Å². The second-order valence-electron chi connectivity index (χ2n) is 3.99. The van der Waals surface area contributed by atoms with Crippen molar-refractivity contribution in [2.45, 2.75) is 6.92 Å². The van der Waals surface area contributed by atoms with Gasteiger partial charge in [0.2, 0.25) is 0 Å². The van der Waals surface area contributed by atoms with Crippen LogP contribution in [0.4, 0.5) is 5.82 Å². The smallest absolute Gasteiger partial charge is 0.154 e. The van der Waals surface area contributed by atoms with Gasteiger partial charge < -0.3 is 10.2 Å². The monoisotopic (exact) mass is 259 g/mol. The zero-order chi connectivity index (χ0) is 12.7. The molecule has 4 nitrogen and oxygen atoms in total. The number of nitrogens with zero attached hydrogens (tertiary/aromatic N) is 2. The van der Waals surface area contributed by atoms with E-state index >= 15 is 0 Å². The molecule has 0 saturated carbocycles. The summed E-state index contributed by atoms with van der Waals surface area (Å²) in [5.74, 6) is 1.66. The van der Waals surface area contributed by atoms with Gasteiger partial charge in [0.05, 0.1) is 5.02 Å². The molecule has 90 valence electrons. The van der Waals surface area contributed by atoms with Crippen molar-refractivity contribution in [3.05, 3.63) is 41.2 Å². The number of benzene rings is 1. The van der Waals surface area contributed by atoms with Crippen molar-refractivity contribution in [3.8, 4) is 11.5 Å². The van der Waals surface area contributed by atoms with E-state index in [4.69, 9.17) is 21.8 Å². The first kappa shape index (κ1) is 11.0. The van der Waals surface area contributed by atoms with Crippen LogP contribution in [0.3, 0.4) is 0 Å². The van der Waals surface area contributed by atoms with Gasteiger partial charge in [0.25, 0.3) is 0 Å². The van der Waals surface area contributed by atoms with E-state index in [1.54, 1.807) is 19.1 Å². The van der Waals surface area contributed by atoms with E-state index in [0.29, 0.717) is 33.7 Å². The van der Waals surface area contributed by atoms with Crippen LogP contribution < -0.4 is 5.73 Å². The molecule has 18 heavy (non-hydrogen) atoms. The van der Waals surface area contributed by atoms with E-state index < -0.39 is 0 Å². The van der Waals surface area contributed by atoms with Crippen LogP contribution in [0, 0.1) is 6.92 Å². The Morgan fingerprint density at radius 2 is 2.06 bits per heavy atom. The summed E-state index contributed by atoms with van der Waals surface area (Å²) in [7, 11) is 0. The molecule has 0 radical (unpaired) electrons. The molecule has 0 fully saturated rings. The predicted molar refractivity (Wildman–Crippen MR) is 71.4 cm³/mol. The molecule has 2 N–H and O–H groups in total. The van der Waals surface area contributed by atoms with E-state index in [-0.39, 0.29) is 0 Å². The first-order chi connectivity index (χ1) is 8.63. The molecule has 0 atom stereocenters. The van der Waals surface area contributed by atoms with Crippen molar-refractivity contribution >= 4 is 28.4 Å². The number of furan rings is 1. The third kappa shape index (κ3) is 1.80. The molecule has 0 aliphatic heterocycles. The zero-order valence-corrected chi connectivity index (χ0v) is 10.4. The lowest BCUT2D eigenvalue weighted by molar-refractivity contribution is 0.628. The molecule has 0 spiro atoms. The molecule has 0 unspecified atom stereocenters. The van der Waals surface area contributed by atoms with Gasteiger partial charge in [-0.25, -0.2) is 9.97 Å². The first-order valence-electron chi connectivity index (χ1n) is 5.43. The molecular weight excluding hydrogens is 250 g/mol. The zero-order valence-electron chi connectivity index (χ0n) is 9.64. The molecule has 0 aliphatic rings. The van der Waals surface area contributed by atoms with Crippen molar-refractivity contribution in [2.24, 2.45) is 0 Å². The fourth-order valence-electron chi connectivity index (χ4n) is 1.87. The number of nitrogens with two attached hydrogens (primary N) is 1. The van der Waals surface area contributed by atoms with Crippen LogP contribution in [0.25, 0.3) is 22.4 Å². The van der Waals surface area contributed by atoms with Gasteiger partial charge in [0, 0.05) is 11.5 Å². The number of hydrogen-bond acceptors (Lipinski definition) is 4. The number of nitrogen functional groups attached to an aromatic ring is 1. The van der Waals surface area contributed by atoms with Crippen molar-refractivity contribution in [1.29, 1.82) is 0 Å². The van der Waals surface area contributed by atoms with E-state index in [0.717, 1.165) is 5.39 Å². The Kier molecular flexibility index (Phi) is 2.45. The minimum Gasteiger partial charge on any atom is -0.453 e. The number of para-hydroxylation sites is 1. The number of halogens is 1. The van der Waals surface area contributed by atoms with Gasteiger partial charge in [0.15, 0.2) is 11.3 Å². The molecule has 0 amide bonds. The highest BCUT2D eigenvalue weighted by atomic mass is 35.5. The van der Waals surface area contributed by atoms with Gasteiger partial charge in [-0.15, -0.1) is 0 Å². The summed E-state index contributed by atoms with van der Waals surface area (Å²) in [6.07, 6.45) is 0. The van der Waals surface area contributed by atoms with Gasteiger partial charge in [-0.1, -0.05) is 23.7 Å². The Morgan fingerprint density at radius 3 is 2.78 bits per heavy atom. The average Bonchev–Trinajstić information content (AvgIpc) is 2.73. The molecule has 3 aromatic rings. The molecular formula is C13H10ClN3O. The highest BCUT2D eigenvalue weighted by Gasteiger charge is 2.11. The summed E-state index contributed by atoms with van der Waals surface area (Å²) in [5.41, 5.74) is 7.02. The SMILES string of the molecule is Cc1nc(N)cc(-c2cc3cccc(Cl)c3o2)n1. The normalized spacial score (nSPS) is 11.0. The van der Waals surface area contributed by atoms with Crippen LogP contribution in [0.15, 0.2) is 34.7 Å². The molecule has 1 aromatic carbocycles. The van der Waals surface area contributed by atoms with E-state index in [1.807, 2.05) is 18.2 Å². The lowest BCUT2D eigenvalue weighted by Crippen LogP contribution is -1.96. The van der Waals surface area contributed by atoms with Crippen LogP contribution in [0.2, 0.25) is 5.02 Å². The van der Waals surface area contributed by atoms with Crippen molar-refractivity contribution < 1.29 is 4.42 Å². The highest BCUT2D eigenvalue weighted by Crippen LogP contribution is 2.31. The molecule has 0 bridgehead atoms. The summed E-state index contributed by atoms with van der Waals surface area (Å²) in [4.78, 5) is 8.33. The van der Waals surface area contributed by atoms with E-state index in [1.165, 1.54) is 0 Å². The summed E-state index contributed by atoms with van der Waals surface area (Å²) in [6, 6.07) is 9.17. The third-order valence-electron chi connectivity index (χ3n) is 2.61. The third-order valence-corrected chi connectivity index (χ3v) is 2.90. The minimum absolute atomic E-state index is 0.420. The van der Waals surface area contributed by atoms with Gasteiger partial charge in [-0.05, 0) is 19.1 Å². The summed E-state index contributed by atoms with van der Waals surface area (Å²) in [5, 5.41) is 1.52. The number of anilines is 1. The number of fused-ring (bicyclic) bond motifs is 1. The molecule has 0 saturated heterocycles. The second-order valence-corrected chi connectivity index (χ2v) is 4.40. The van der Waals surface area contributed by atoms with Crippen LogP contribution >= 0.6 is 11.6 Å². The average molecular weight is 260 g/mol. The van der Waals surface area contributed by atoms with Gasteiger partial charge >= 0.3 is 0 Å². The largest absolute Gasteiger partial charge is 0.453 e. The standard InChI is InChI=1S/C13H10ClN3O/c1-7-16-10(6-12(15)17-7)11-5-8-3-2-4-9(14)13(8)18-11/h2-6H,1H3,(H2,15,16,17). The molecule has 5 heteroatoms. The minimum atomic E-state index is 0.420. The summed E-state index contributed by atoms with van der Waals surface area (Å²) in [6.45, 7) is 1.79. The van der Waals surface area contributed by atoms with Crippen LogP contribution in [0.5, 0.6) is 0 Å². The number of hydrogen-bond donors (Lipinski definition) is 1. The Hall–Kier alpha value is -2.07.